The Balaban J connectivity index is 2.02. The van der Waals surface area contributed by atoms with Crippen LogP contribution in [0, 0.1) is 50.7 Å². The Labute approximate surface area is 138 Å². The Morgan fingerprint density at radius 2 is 2.00 bits per heavy atom. The highest BCUT2D eigenvalue weighted by molar-refractivity contribution is 5.92. The maximum absolute atomic E-state index is 12.9. The van der Waals surface area contributed by atoms with Crippen LogP contribution in [-0.2, 0) is 4.79 Å². The minimum absolute atomic E-state index is 0.387. The third-order valence-corrected chi connectivity index (χ3v) is 5.94. The quantitative estimate of drug-likeness (QED) is 0.807. The van der Waals surface area contributed by atoms with Gasteiger partial charge < -0.3 is 9.73 Å². The van der Waals surface area contributed by atoms with Crippen molar-refractivity contribution in [1.29, 1.82) is 15.8 Å². The molecule has 24 heavy (non-hydrogen) atoms. The van der Waals surface area contributed by atoms with E-state index in [2.05, 4.69) is 16.7 Å². The minimum atomic E-state index is -1.86. The lowest BCUT2D eigenvalue weighted by molar-refractivity contribution is -0.130. The first kappa shape index (κ1) is 14.8. The van der Waals surface area contributed by atoms with E-state index >= 15 is 0 Å². The van der Waals surface area contributed by atoms with Crippen LogP contribution in [0.4, 0.5) is 0 Å². The van der Waals surface area contributed by atoms with Crippen LogP contribution in [-0.4, -0.2) is 11.6 Å². The number of piperidine rings is 1. The summed E-state index contributed by atoms with van der Waals surface area (Å²) in [7, 11) is 0. The van der Waals surface area contributed by atoms with Crippen LogP contribution in [0.2, 0.25) is 0 Å². The molecule has 3 heterocycles. The molecule has 2 bridgehead atoms. The van der Waals surface area contributed by atoms with Crippen LogP contribution < -0.4 is 10.6 Å². The van der Waals surface area contributed by atoms with Crippen molar-refractivity contribution < 1.29 is 9.21 Å². The van der Waals surface area contributed by atoms with Crippen molar-refractivity contribution in [1.82, 2.24) is 10.6 Å². The summed E-state index contributed by atoms with van der Waals surface area (Å²) in [5, 5.41) is 36.2. The van der Waals surface area contributed by atoms with Crippen molar-refractivity contribution in [3.8, 4) is 18.2 Å². The molecule has 2 N–H and O–H groups in total. The smallest absolute Gasteiger partial charge is 0.245 e. The van der Waals surface area contributed by atoms with E-state index in [4.69, 9.17) is 4.42 Å². The zero-order chi connectivity index (χ0) is 17.0. The molecule has 2 aliphatic heterocycles. The van der Waals surface area contributed by atoms with Gasteiger partial charge in [0, 0.05) is 5.92 Å². The average molecular weight is 321 g/mol. The lowest BCUT2D eigenvalue weighted by atomic mass is 9.50. The summed E-state index contributed by atoms with van der Waals surface area (Å²) in [6, 6.07) is 8.61. The van der Waals surface area contributed by atoms with Crippen molar-refractivity contribution in [2.24, 2.45) is 16.7 Å². The summed E-state index contributed by atoms with van der Waals surface area (Å²) in [6.45, 7) is 0. The molecule has 1 aliphatic carbocycles. The number of carbonyl (C=O) groups excluding carboxylic acids is 1. The molecule has 2 saturated heterocycles. The molecule has 0 aromatic carbocycles. The predicted molar refractivity (Wildman–Crippen MR) is 79.1 cm³/mol. The molecule has 1 amide bonds. The first-order valence-corrected chi connectivity index (χ1v) is 7.98. The van der Waals surface area contributed by atoms with E-state index in [9.17, 15) is 20.6 Å². The van der Waals surface area contributed by atoms with Crippen LogP contribution in [0.1, 0.15) is 37.5 Å². The molecule has 7 nitrogen and oxygen atoms in total. The van der Waals surface area contributed by atoms with Crippen molar-refractivity contribution in [2.45, 2.75) is 37.4 Å². The van der Waals surface area contributed by atoms with Gasteiger partial charge in [0.05, 0.1) is 30.1 Å². The third kappa shape index (κ3) is 1.36. The van der Waals surface area contributed by atoms with Crippen molar-refractivity contribution in [3.05, 3.63) is 24.2 Å². The Kier molecular flexibility index (Phi) is 2.83. The van der Waals surface area contributed by atoms with Gasteiger partial charge in [0.25, 0.3) is 0 Å². The van der Waals surface area contributed by atoms with Crippen LogP contribution in [0.3, 0.4) is 0 Å². The number of hydrogen-bond donors (Lipinski definition) is 2. The molecule has 1 aromatic heterocycles. The van der Waals surface area contributed by atoms with Gasteiger partial charge in [-0.2, -0.15) is 15.8 Å². The van der Waals surface area contributed by atoms with Gasteiger partial charge in [0.1, 0.15) is 11.8 Å². The SMILES string of the molecule is N#CC1(C#N)[C@H](c2ccco2)N[C@@]23CCCC[C@@H]2[C@@]1(C#N)C(=O)N3. The number of hydrogen-bond acceptors (Lipinski definition) is 6. The number of carbonyl (C=O) groups is 1. The molecule has 1 saturated carbocycles. The zero-order valence-corrected chi connectivity index (χ0v) is 12.9. The minimum Gasteiger partial charge on any atom is -0.468 e. The van der Waals surface area contributed by atoms with E-state index in [1.54, 1.807) is 12.1 Å². The fourth-order valence-electron chi connectivity index (χ4n) is 4.91. The van der Waals surface area contributed by atoms with E-state index in [0.717, 1.165) is 12.8 Å². The number of nitrogens with zero attached hydrogens (tertiary/aromatic N) is 3. The number of rotatable bonds is 1. The fraction of sp³-hybridized carbons (Fsp3) is 0.529. The van der Waals surface area contributed by atoms with E-state index in [0.29, 0.717) is 18.6 Å². The summed E-state index contributed by atoms with van der Waals surface area (Å²) in [4.78, 5) is 12.9. The number of amides is 1. The molecule has 1 aromatic rings. The second-order valence-electron chi connectivity index (χ2n) is 6.77. The van der Waals surface area contributed by atoms with E-state index < -0.39 is 34.4 Å². The number of furan rings is 1. The molecule has 0 unspecified atom stereocenters. The topological polar surface area (TPSA) is 126 Å². The van der Waals surface area contributed by atoms with E-state index in [1.807, 2.05) is 12.1 Å². The Morgan fingerprint density at radius 1 is 1.21 bits per heavy atom. The molecule has 3 aliphatic rings. The van der Waals surface area contributed by atoms with Crippen LogP contribution in [0.15, 0.2) is 22.8 Å². The monoisotopic (exact) mass is 321 g/mol. The van der Waals surface area contributed by atoms with E-state index in [-0.39, 0.29) is 0 Å². The van der Waals surface area contributed by atoms with Crippen LogP contribution in [0.5, 0.6) is 0 Å². The Bertz CT molecular complexity index is 813. The van der Waals surface area contributed by atoms with Crippen LogP contribution in [0.25, 0.3) is 0 Å². The predicted octanol–water partition coefficient (Wildman–Crippen LogP) is 1.48. The molecule has 4 rings (SSSR count). The number of nitriles is 3. The highest BCUT2D eigenvalue weighted by Gasteiger charge is 2.79. The molecular weight excluding hydrogens is 306 g/mol. The van der Waals surface area contributed by atoms with Crippen molar-refractivity contribution >= 4 is 5.91 Å². The molecular formula is C17H15N5O2. The Morgan fingerprint density at radius 3 is 2.62 bits per heavy atom. The lowest BCUT2D eigenvalue weighted by Crippen LogP contribution is -2.68. The molecule has 4 atom stereocenters. The first-order chi connectivity index (χ1) is 11.6. The largest absolute Gasteiger partial charge is 0.468 e. The molecule has 0 radical (unpaired) electrons. The zero-order valence-electron chi connectivity index (χ0n) is 12.9. The fourth-order valence-corrected chi connectivity index (χ4v) is 4.91. The van der Waals surface area contributed by atoms with Gasteiger partial charge >= 0.3 is 0 Å². The van der Waals surface area contributed by atoms with Gasteiger partial charge in [-0.15, -0.1) is 0 Å². The van der Waals surface area contributed by atoms with Crippen molar-refractivity contribution in [3.63, 3.8) is 0 Å². The van der Waals surface area contributed by atoms with Crippen LogP contribution >= 0.6 is 0 Å². The maximum atomic E-state index is 12.9. The molecule has 7 heteroatoms. The lowest BCUT2D eigenvalue weighted by Gasteiger charge is -2.53. The summed E-state index contributed by atoms with van der Waals surface area (Å²) < 4.78 is 5.44. The molecule has 120 valence electrons. The third-order valence-electron chi connectivity index (χ3n) is 5.94. The summed E-state index contributed by atoms with van der Waals surface area (Å²) >= 11 is 0. The number of nitrogens with one attached hydrogen (secondary N) is 2. The van der Waals surface area contributed by atoms with Gasteiger partial charge in [0.15, 0.2) is 10.8 Å². The summed E-state index contributed by atoms with van der Waals surface area (Å²) in [5.74, 6) is -0.555. The standard InChI is InChI=1S/C17H15N5O2/c18-8-15(9-19)13(11-4-3-7-24-11)21-17-6-2-1-5-12(17)16(15,10-20)14(23)22-17/h3-4,7,12-13,21H,1-2,5-6H2,(H,22,23)/t12-,13+,16+,17-/m1/s1. The van der Waals surface area contributed by atoms with Crippen molar-refractivity contribution in [2.75, 3.05) is 0 Å². The van der Waals surface area contributed by atoms with Gasteiger partial charge in [-0.05, 0) is 31.4 Å². The van der Waals surface area contributed by atoms with Gasteiger partial charge in [-0.3, -0.25) is 10.1 Å². The average Bonchev–Trinajstić information content (AvgIpc) is 3.19. The maximum Gasteiger partial charge on any atom is 0.245 e. The summed E-state index contributed by atoms with van der Waals surface area (Å²) in [6.07, 6.45) is 4.51. The van der Waals surface area contributed by atoms with Gasteiger partial charge in [0.2, 0.25) is 5.91 Å². The Hall–Kier alpha value is -2.82. The first-order valence-electron chi connectivity index (χ1n) is 7.98. The molecule has 0 spiro atoms. The normalized spacial score (nSPS) is 39.0. The second-order valence-corrected chi connectivity index (χ2v) is 6.77. The molecule has 3 fully saturated rings. The van der Waals surface area contributed by atoms with Gasteiger partial charge in [-0.1, -0.05) is 6.42 Å². The van der Waals surface area contributed by atoms with Gasteiger partial charge in [-0.25, -0.2) is 0 Å². The highest BCUT2D eigenvalue weighted by atomic mass is 16.3. The summed E-state index contributed by atoms with van der Waals surface area (Å²) in [5.41, 5.74) is -4.33. The second kappa shape index (κ2) is 4.60. The highest BCUT2D eigenvalue weighted by Crippen LogP contribution is 2.64. The van der Waals surface area contributed by atoms with E-state index in [1.165, 1.54) is 6.26 Å².